The van der Waals surface area contributed by atoms with Crippen molar-refractivity contribution in [1.82, 2.24) is 9.47 Å². The zero-order chi connectivity index (χ0) is 17.8. The normalized spacial score (nSPS) is 20.3. The molecular weight excluding hydrogens is 331 g/mol. The minimum absolute atomic E-state index is 0.0285. The van der Waals surface area contributed by atoms with Gasteiger partial charge in [0.15, 0.2) is 0 Å². The summed E-state index contributed by atoms with van der Waals surface area (Å²) in [4.78, 5) is 14.0. The van der Waals surface area contributed by atoms with E-state index in [1.807, 2.05) is 44.5 Å². The first kappa shape index (κ1) is 17.1. The second-order valence-corrected chi connectivity index (χ2v) is 7.82. The van der Waals surface area contributed by atoms with Crippen LogP contribution in [0.1, 0.15) is 39.2 Å². The lowest BCUT2D eigenvalue weighted by Crippen LogP contribution is -2.46. The Morgan fingerprint density at radius 3 is 2.75 bits per heavy atom. The maximum absolute atomic E-state index is 14.2. The van der Waals surface area contributed by atoms with Crippen LogP contribution in [0, 0.1) is 5.82 Å². The van der Waals surface area contributed by atoms with Gasteiger partial charge in [-0.15, -0.1) is 0 Å². The summed E-state index contributed by atoms with van der Waals surface area (Å²) in [5.41, 5.74) is 1.26. The molecule has 3 rings (SSSR count). The molecule has 0 aliphatic carbocycles. The third-order valence-electron chi connectivity index (χ3n) is 4.60. The number of carbonyl (C=O) groups is 1. The highest BCUT2D eigenvalue weighted by atomic mass is 35.5. The molecule has 130 valence electrons. The first-order chi connectivity index (χ1) is 11.1. The number of carbonyl (C=O) groups excluding carboxylic acids is 1. The third kappa shape index (κ3) is 2.75. The average Bonchev–Trinajstić information content (AvgIpc) is 2.89. The van der Waals surface area contributed by atoms with Gasteiger partial charge < -0.3 is 14.2 Å². The molecule has 6 heteroatoms. The number of aromatic nitrogens is 1. The topological polar surface area (TPSA) is 34.5 Å². The van der Waals surface area contributed by atoms with Gasteiger partial charge in [0, 0.05) is 31.1 Å². The Morgan fingerprint density at radius 1 is 1.46 bits per heavy atom. The lowest BCUT2D eigenvalue weighted by Gasteiger charge is -2.38. The van der Waals surface area contributed by atoms with Crippen molar-refractivity contribution in [2.45, 2.75) is 51.8 Å². The van der Waals surface area contributed by atoms with Crippen LogP contribution in [0.4, 0.5) is 9.18 Å². The Bertz CT molecular complexity index is 809. The number of halogens is 2. The molecule has 2 atom stereocenters. The molecule has 1 amide bonds. The molecule has 1 aliphatic heterocycles. The van der Waals surface area contributed by atoms with Crippen molar-refractivity contribution in [3.05, 3.63) is 34.7 Å². The van der Waals surface area contributed by atoms with Gasteiger partial charge in [-0.25, -0.2) is 9.18 Å². The van der Waals surface area contributed by atoms with Gasteiger partial charge in [0.25, 0.3) is 0 Å². The van der Waals surface area contributed by atoms with Crippen LogP contribution in [-0.4, -0.2) is 34.3 Å². The molecular formula is C18H22ClFN2O2. The van der Waals surface area contributed by atoms with E-state index in [9.17, 15) is 9.18 Å². The Morgan fingerprint density at radius 2 is 2.12 bits per heavy atom. The average molecular weight is 353 g/mol. The van der Waals surface area contributed by atoms with E-state index >= 15 is 0 Å². The maximum Gasteiger partial charge on any atom is 0.410 e. The zero-order valence-corrected chi connectivity index (χ0v) is 15.3. The molecule has 4 nitrogen and oxygen atoms in total. The third-order valence-corrected chi connectivity index (χ3v) is 4.98. The standard InChI is InChI=1S/C18H22ClFN2O2/c1-10-12-8-13(20)15(19)11-6-7-22(16(11)12)9-14(10)21(5)17(23)24-18(2,3)4/h6-8,10,14H,9H2,1-5H3/t10-,14+/m1/s1. The van der Waals surface area contributed by atoms with E-state index in [2.05, 4.69) is 0 Å². The van der Waals surface area contributed by atoms with E-state index in [1.54, 1.807) is 11.9 Å². The van der Waals surface area contributed by atoms with Gasteiger partial charge in [-0.2, -0.15) is 0 Å². The molecule has 1 aromatic heterocycles. The number of rotatable bonds is 1. The van der Waals surface area contributed by atoms with Crippen molar-refractivity contribution in [2.75, 3.05) is 7.05 Å². The van der Waals surface area contributed by atoms with E-state index in [0.717, 1.165) is 16.5 Å². The quantitative estimate of drug-likeness (QED) is 0.739. The van der Waals surface area contributed by atoms with Crippen LogP contribution in [0.5, 0.6) is 0 Å². The molecule has 24 heavy (non-hydrogen) atoms. The van der Waals surface area contributed by atoms with E-state index in [1.165, 1.54) is 6.07 Å². The summed E-state index contributed by atoms with van der Waals surface area (Å²) < 4.78 is 21.7. The molecule has 0 spiro atoms. The highest BCUT2D eigenvalue weighted by Crippen LogP contribution is 2.40. The fraction of sp³-hybridized carbons (Fsp3) is 0.500. The highest BCUT2D eigenvalue weighted by Gasteiger charge is 2.35. The highest BCUT2D eigenvalue weighted by molar-refractivity contribution is 6.35. The van der Waals surface area contributed by atoms with Crippen LogP contribution in [0.25, 0.3) is 10.9 Å². The zero-order valence-electron chi connectivity index (χ0n) is 14.6. The van der Waals surface area contributed by atoms with Gasteiger partial charge in [0.05, 0.1) is 16.6 Å². The van der Waals surface area contributed by atoms with Gasteiger partial charge in [0.1, 0.15) is 11.4 Å². The Kier molecular flexibility index (Phi) is 4.03. The van der Waals surface area contributed by atoms with Crippen LogP contribution in [0.3, 0.4) is 0 Å². The summed E-state index contributed by atoms with van der Waals surface area (Å²) in [6.07, 6.45) is 1.52. The van der Waals surface area contributed by atoms with Gasteiger partial charge in [-0.3, -0.25) is 0 Å². The molecule has 1 aromatic carbocycles. The van der Waals surface area contributed by atoms with Gasteiger partial charge in [0.2, 0.25) is 0 Å². The maximum atomic E-state index is 14.2. The van der Waals surface area contributed by atoms with Crippen LogP contribution < -0.4 is 0 Å². The lowest BCUT2D eigenvalue weighted by atomic mass is 9.88. The van der Waals surface area contributed by atoms with Crippen molar-refractivity contribution in [3.8, 4) is 0 Å². The lowest BCUT2D eigenvalue weighted by molar-refractivity contribution is 0.0181. The molecule has 0 unspecified atom stereocenters. The predicted molar refractivity (Wildman–Crippen MR) is 93.1 cm³/mol. The van der Waals surface area contributed by atoms with E-state index in [0.29, 0.717) is 6.54 Å². The van der Waals surface area contributed by atoms with E-state index in [-0.39, 0.29) is 23.1 Å². The molecule has 2 heterocycles. The molecule has 0 N–H and O–H groups in total. The second-order valence-electron chi connectivity index (χ2n) is 7.44. The monoisotopic (exact) mass is 352 g/mol. The minimum atomic E-state index is -0.554. The fourth-order valence-corrected chi connectivity index (χ4v) is 3.57. The minimum Gasteiger partial charge on any atom is -0.444 e. The first-order valence-corrected chi connectivity index (χ1v) is 8.40. The van der Waals surface area contributed by atoms with Gasteiger partial charge >= 0.3 is 6.09 Å². The van der Waals surface area contributed by atoms with Crippen molar-refractivity contribution in [2.24, 2.45) is 0 Å². The largest absolute Gasteiger partial charge is 0.444 e. The molecule has 0 fully saturated rings. The molecule has 1 aliphatic rings. The van der Waals surface area contributed by atoms with E-state index < -0.39 is 11.4 Å². The molecule has 0 radical (unpaired) electrons. The number of hydrogen-bond donors (Lipinski definition) is 0. The fourth-order valence-electron chi connectivity index (χ4n) is 3.36. The first-order valence-electron chi connectivity index (χ1n) is 8.02. The Balaban J connectivity index is 1.97. The van der Waals surface area contributed by atoms with Crippen molar-refractivity contribution in [3.63, 3.8) is 0 Å². The number of benzene rings is 1. The molecule has 0 saturated carbocycles. The number of amides is 1. The predicted octanol–water partition coefficient (Wildman–Crippen LogP) is 4.79. The smallest absolute Gasteiger partial charge is 0.410 e. The summed E-state index contributed by atoms with van der Waals surface area (Å²) in [6.45, 7) is 8.14. The Hall–Kier alpha value is -1.75. The molecule has 0 bridgehead atoms. The van der Waals surface area contributed by atoms with Crippen molar-refractivity contribution >= 4 is 28.6 Å². The van der Waals surface area contributed by atoms with E-state index in [4.69, 9.17) is 16.3 Å². The summed E-state index contributed by atoms with van der Waals surface area (Å²) in [6, 6.07) is 3.19. The van der Waals surface area contributed by atoms with Crippen molar-refractivity contribution < 1.29 is 13.9 Å². The Labute approximate surface area is 146 Å². The van der Waals surface area contributed by atoms with Gasteiger partial charge in [-0.1, -0.05) is 18.5 Å². The van der Waals surface area contributed by atoms with Gasteiger partial charge in [-0.05, 0) is 38.5 Å². The van der Waals surface area contributed by atoms with Crippen molar-refractivity contribution in [1.29, 1.82) is 0 Å². The number of ether oxygens (including phenoxy) is 1. The number of nitrogens with zero attached hydrogens (tertiary/aromatic N) is 2. The van der Waals surface area contributed by atoms with Crippen LogP contribution in [0.2, 0.25) is 5.02 Å². The summed E-state index contributed by atoms with van der Waals surface area (Å²) >= 11 is 6.09. The van der Waals surface area contributed by atoms with Crippen LogP contribution >= 0.6 is 11.6 Å². The SMILES string of the molecule is C[C@@H]1c2cc(F)c(Cl)c3ccn(c23)C[C@@H]1N(C)C(=O)OC(C)(C)C. The molecule has 2 aromatic rings. The second kappa shape index (κ2) is 5.66. The summed E-state index contributed by atoms with van der Waals surface area (Å²) in [7, 11) is 1.73. The number of likely N-dealkylation sites (N-methyl/N-ethyl adjacent to an activating group) is 1. The molecule has 0 saturated heterocycles. The van der Waals surface area contributed by atoms with Crippen LogP contribution in [0.15, 0.2) is 18.3 Å². The number of hydrogen-bond acceptors (Lipinski definition) is 2. The van der Waals surface area contributed by atoms with Crippen LogP contribution in [-0.2, 0) is 11.3 Å². The summed E-state index contributed by atoms with van der Waals surface area (Å²) in [5.74, 6) is -0.455. The summed E-state index contributed by atoms with van der Waals surface area (Å²) in [5, 5.41) is 0.871.